The van der Waals surface area contributed by atoms with Crippen LogP contribution in [-0.2, 0) is 11.2 Å². The summed E-state index contributed by atoms with van der Waals surface area (Å²) >= 11 is 0. The fourth-order valence-corrected chi connectivity index (χ4v) is 3.03. The van der Waals surface area contributed by atoms with E-state index in [1.54, 1.807) is 36.4 Å². The molecule has 1 fully saturated rings. The first-order chi connectivity index (χ1) is 12.7. The molecule has 1 heterocycles. The SMILES string of the molecule is N#Cc1ccc(CCC(=O)Nc2ccc(C(=O)N3CCCC3)cc2)cc1. The summed E-state index contributed by atoms with van der Waals surface area (Å²) in [6.45, 7) is 1.65. The molecule has 26 heavy (non-hydrogen) atoms. The van der Waals surface area contributed by atoms with Crippen molar-refractivity contribution in [2.75, 3.05) is 18.4 Å². The van der Waals surface area contributed by atoms with Crippen LogP contribution in [0.3, 0.4) is 0 Å². The molecule has 1 N–H and O–H groups in total. The van der Waals surface area contributed by atoms with E-state index in [0.717, 1.165) is 31.5 Å². The molecule has 1 aliphatic heterocycles. The van der Waals surface area contributed by atoms with Crippen molar-refractivity contribution >= 4 is 17.5 Å². The molecule has 0 saturated carbocycles. The average Bonchev–Trinajstić information content (AvgIpc) is 3.21. The lowest BCUT2D eigenvalue weighted by Crippen LogP contribution is -2.27. The van der Waals surface area contributed by atoms with E-state index in [2.05, 4.69) is 11.4 Å². The van der Waals surface area contributed by atoms with Crippen molar-refractivity contribution in [3.8, 4) is 6.07 Å². The number of hydrogen-bond donors (Lipinski definition) is 1. The number of nitriles is 1. The van der Waals surface area contributed by atoms with Crippen molar-refractivity contribution in [1.29, 1.82) is 5.26 Å². The van der Waals surface area contributed by atoms with E-state index in [1.165, 1.54) is 0 Å². The number of nitrogens with zero attached hydrogens (tertiary/aromatic N) is 2. The monoisotopic (exact) mass is 347 g/mol. The number of carbonyl (C=O) groups is 2. The van der Waals surface area contributed by atoms with Crippen LogP contribution in [0.2, 0.25) is 0 Å². The van der Waals surface area contributed by atoms with E-state index in [9.17, 15) is 9.59 Å². The molecule has 1 aliphatic rings. The number of anilines is 1. The Labute approximate surface area is 153 Å². The fraction of sp³-hybridized carbons (Fsp3) is 0.286. The Balaban J connectivity index is 1.50. The van der Waals surface area contributed by atoms with Gasteiger partial charge >= 0.3 is 0 Å². The number of benzene rings is 2. The molecule has 2 amide bonds. The average molecular weight is 347 g/mol. The standard InChI is InChI=1S/C21H21N3O2/c22-15-17-5-3-16(4-6-17)7-12-20(25)23-19-10-8-18(9-11-19)21(26)24-13-1-2-14-24/h3-6,8-11H,1-2,7,12-14H2,(H,23,25). The zero-order valence-corrected chi connectivity index (χ0v) is 14.6. The highest BCUT2D eigenvalue weighted by molar-refractivity contribution is 5.96. The van der Waals surface area contributed by atoms with Gasteiger partial charge in [0, 0.05) is 30.8 Å². The first-order valence-electron chi connectivity index (χ1n) is 8.84. The molecule has 0 bridgehead atoms. The van der Waals surface area contributed by atoms with Crippen LogP contribution in [0.5, 0.6) is 0 Å². The van der Waals surface area contributed by atoms with Gasteiger partial charge in [0.25, 0.3) is 5.91 Å². The number of carbonyl (C=O) groups excluding carboxylic acids is 2. The van der Waals surface area contributed by atoms with Gasteiger partial charge in [-0.25, -0.2) is 0 Å². The van der Waals surface area contributed by atoms with Crippen LogP contribution in [0.15, 0.2) is 48.5 Å². The van der Waals surface area contributed by atoms with Crippen molar-refractivity contribution in [1.82, 2.24) is 4.90 Å². The maximum Gasteiger partial charge on any atom is 0.253 e. The van der Waals surface area contributed by atoms with Gasteiger partial charge in [0.1, 0.15) is 0 Å². The second-order valence-corrected chi connectivity index (χ2v) is 6.43. The molecular formula is C21H21N3O2. The van der Waals surface area contributed by atoms with Crippen LogP contribution < -0.4 is 5.32 Å². The minimum atomic E-state index is -0.0759. The Morgan fingerprint density at radius 1 is 1.00 bits per heavy atom. The third-order valence-electron chi connectivity index (χ3n) is 4.53. The van der Waals surface area contributed by atoms with Gasteiger partial charge in [-0.2, -0.15) is 5.26 Å². The second kappa shape index (κ2) is 8.30. The fourth-order valence-electron chi connectivity index (χ4n) is 3.03. The van der Waals surface area contributed by atoms with Gasteiger partial charge in [-0.15, -0.1) is 0 Å². The molecule has 1 saturated heterocycles. The second-order valence-electron chi connectivity index (χ2n) is 6.43. The highest BCUT2D eigenvalue weighted by Crippen LogP contribution is 2.16. The molecule has 3 rings (SSSR count). The molecule has 0 aliphatic carbocycles. The summed E-state index contributed by atoms with van der Waals surface area (Å²) in [6.07, 6.45) is 3.11. The molecule has 0 radical (unpaired) electrons. The van der Waals surface area contributed by atoms with Gasteiger partial charge in [-0.3, -0.25) is 9.59 Å². The Morgan fingerprint density at radius 2 is 1.65 bits per heavy atom. The number of likely N-dealkylation sites (tertiary alicyclic amines) is 1. The Bertz CT molecular complexity index is 814. The minimum Gasteiger partial charge on any atom is -0.339 e. The van der Waals surface area contributed by atoms with Crippen LogP contribution in [0, 0.1) is 11.3 Å². The lowest BCUT2D eigenvalue weighted by molar-refractivity contribution is -0.116. The third-order valence-corrected chi connectivity index (χ3v) is 4.53. The molecule has 0 atom stereocenters. The van der Waals surface area contributed by atoms with E-state index < -0.39 is 0 Å². The topological polar surface area (TPSA) is 73.2 Å². The van der Waals surface area contributed by atoms with Gasteiger partial charge in [0.05, 0.1) is 11.6 Å². The quantitative estimate of drug-likeness (QED) is 0.901. The summed E-state index contributed by atoms with van der Waals surface area (Å²) in [5, 5.41) is 11.6. The van der Waals surface area contributed by atoms with Crippen LogP contribution in [-0.4, -0.2) is 29.8 Å². The number of hydrogen-bond acceptors (Lipinski definition) is 3. The van der Waals surface area contributed by atoms with E-state index in [-0.39, 0.29) is 11.8 Å². The van der Waals surface area contributed by atoms with E-state index in [4.69, 9.17) is 5.26 Å². The highest BCUT2D eigenvalue weighted by atomic mass is 16.2. The summed E-state index contributed by atoms with van der Waals surface area (Å²) < 4.78 is 0. The van der Waals surface area contributed by atoms with Crippen LogP contribution >= 0.6 is 0 Å². The van der Waals surface area contributed by atoms with Crippen LogP contribution in [0.1, 0.15) is 40.7 Å². The smallest absolute Gasteiger partial charge is 0.253 e. The van der Waals surface area contributed by atoms with E-state index in [0.29, 0.717) is 29.7 Å². The van der Waals surface area contributed by atoms with Crippen molar-refractivity contribution in [2.45, 2.75) is 25.7 Å². The highest BCUT2D eigenvalue weighted by Gasteiger charge is 2.19. The molecule has 2 aromatic carbocycles. The molecule has 2 aromatic rings. The molecule has 5 nitrogen and oxygen atoms in total. The largest absolute Gasteiger partial charge is 0.339 e. The summed E-state index contributed by atoms with van der Waals surface area (Å²) in [7, 11) is 0. The molecular weight excluding hydrogens is 326 g/mol. The number of aryl methyl sites for hydroxylation is 1. The summed E-state index contributed by atoms with van der Waals surface area (Å²) in [6, 6.07) is 16.4. The summed E-state index contributed by atoms with van der Waals surface area (Å²) in [5.74, 6) is -0.0193. The van der Waals surface area contributed by atoms with Gasteiger partial charge in [-0.1, -0.05) is 12.1 Å². The third kappa shape index (κ3) is 4.48. The first-order valence-corrected chi connectivity index (χ1v) is 8.84. The van der Waals surface area contributed by atoms with Crippen LogP contribution in [0.4, 0.5) is 5.69 Å². The molecule has 0 aromatic heterocycles. The van der Waals surface area contributed by atoms with Gasteiger partial charge in [-0.05, 0) is 61.2 Å². The van der Waals surface area contributed by atoms with Gasteiger partial charge in [0.2, 0.25) is 5.91 Å². The Morgan fingerprint density at radius 3 is 2.27 bits per heavy atom. The van der Waals surface area contributed by atoms with Crippen molar-refractivity contribution < 1.29 is 9.59 Å². The Hall–Kier alpha value is -3.13. The van der Waals surface area contributed by atoms with Gasteiger partial charge in [0.15, 0.2) is 0 Å². The zero-order chi connectivity index (χ0) is 18.4. The minimum absolute atomic E-state index is 0.0567. The molecule has 132 valence electrons. The Kier molecular flexibility index (Phi) is 5.65. The molecule has 0 spiro atoms. The number of amides is 2. The van der Waals surface area contributed by atoms with E-state index >= 15 is 0 Å². The molecule has 0 unspecified atom stereocenters. The predicted molar refractivity (Wildman–Crippen MR) is 99.7 cm³/mol. The first kappa shape index (κ1) is 17.7. The number of rotatable bonds is 5. The predicted octanol–water partition coefficient (Wildman–Crippen LogP) is 3.37. The lowest BCUT2D eigenvalue weighted by Gasteiger charge is -2.15. The lowest BCUT2D eigenvalue weighted by atomic mass is 10.1. The number of nitrogens with one attached hydrogen (secondary N) is 1. The summed E-state index contributed by atoms with van der Waals surface area (Å²) in [5.41, 5.74) is 2.97. The zero-order valence-electron chi connectivity index (χ0n) is 14.6. The van der Waals surface area contributed by atoms with Gasteiger partial charge < -0.3 is 10.2 Å². The van der Waals surface area contributed by atoms with Crippen molar-refractivity contribution in [2.24, 2.45) is 0 Å². The van der Waals surface area contributed by atoms with Crippen LogP contribution in [0.25, 0.3) is 0 Å². The maximum absolute atomic E-state index is 12.3. The maximum atomic E-state index is 12.3. The molecule has 5 heteroatoms. The normalized spacial score (nSPS) is 13.3. The van der Waals surface area contributed by atoms with Crippen molar-refractivity contribution in [3.05, 3.63) is 65.2 Å². The summed E-state index contributed by atoms with van der Waals surface area (Å²) in [4.78, 5) is 26.3. The van der Waals surface area contributed by atoms with E-state index in [1.807, 2.05) is 17.0 Å². The van der Waals surface area contributed by atoms with Crippen molar-refractivity contribution in [3.63, 3.8) is 0 Å².